The number of ether oxygens (including phenoxy) is 1. The van der Waals surface area contributed by atoms with E-state index in [9.17, 15) is 13.2 Å². The van der Waals surface area contributed by atoms with Crippen LogP contribution in [0.3, 0.4) is 0 Å². The van der Waals surface area contributed by atoms with Crippen molar-refractivity contribution in [1.29, 1.82) is 0 Å². The number of carbonyl (C=O) groups is 1. The number of rotatable bonds is 7. The summed E-state index contributed by atoms with van der Waals surface area (Å²) in [6.45, 7) is 7.66. The van der Waals surface area contributed by atoms with Crippen LogP contribution in [-0.4, -0.2) is 20.9 Å². The summed E-state index contributed by atoms with van der Waals surface area (Å²) < 4.78 is 33.2. The number of benzene rings is 3. The fourth-order valence-corrected chi connectivity index (χ4v) is 4.39. The smallest absolute Gasteiger partial charge is 0.343 e. The molecule has 0 spiro atoms. The monoisotopic (exact) mass is 421 g/mol. The summed E-state index contributed by atoms with van der Waals surface area (Å²) in [7, 11) is -3.90. The normalized spacial score (nSPS) is 11.0. The predicted octanol–water partition coefficient (Wildman–Crippen LogP) is 4.90. The van der Waals surface area contributed by atoms with Crippen molar-refractivity contribution < 1.29 is 17.9 Å². The molecule has 0 N–H and O–H groups in total. The fraction of sp³-hybridized carbons (Fsp3) is 0.125. The van der Waals surface area contributed by atoms with Crippen LogP contribution in [0.1, 0.15) is 21.5 Å². The summed E-state index contributed by atoms with van der Waals surface area (Å²) >= 11 is 0. The standard InChI is InChI=1S/C24H23NO4S/c1-4-15-25(21-10-6-5-7-11-21)30(27,28)23-12-8-9-20(17-23)24(26)29-22-14-13-18(2)19(3)16-22/h4-14,16-17H,1,15H2,2-3H3. The molecule has 5 nitrogen and oxygen atoms in total. The van der Waals surface area contributed by atoms with Crippen molar-refractivity contribution in [2.75, 3.05) is 10.8 Å². The Hall–Kier alpha value is -3.38. The third-order valence-electron chi connectivity index (χ3n) is 4.69. The van der Waals surface area contributed by atoms with Gasteiger partial charge in [-0.1, -0.05) is 36.4 Å². The van der Waals surface area contributed by atoms with E-state index in [1.54, 1.807) is 36.4 Å². The highest BCUT2D eigenvalue weighted by Crippen LogP contribution is 2.25. The molecule has 0 amide bonds. The summed E-state index contributed by atoms with van der Waals surface area (Å²) in [5, 5.41) is 0. The zero-order chi connectivity index (χ0) is 21.7. The van der Waals surface area contributed by atoms with Crippen LogP contribution >= 0.6 is 0 Å². The van der Waals surface area contributed by atoms with Crippen LogP contribution in [0.5, 0.6) is 5.75 Å². The molecule has 0 aromatic heterocycles. The summed E-state index contributed by atoms with van der Waals surface area (Å²) in [6.07, 6.45) is 1.52. The van der Waals surface area contributed by atoms with E-state index >= 15 is 0 Å². The number of hydrogen-bond acceptors (Lipinski definition) is 4. The van der Waals surface area contributed by atoms with E-state index in [2.05, 4.69) is 6.58 Å². The SMILES string of the molecule is C=CCN(c1ccccc1)S(=O)(=O)c1cccc(C(=O)Oc2ccc(C)c(C)c2)c1. The van der Waals surface area contributed by atoms with E-state index in [1.807, 2.05) is 26.0 Å². The molecule has 0 aliphatic rings. The number of nitrogens with zero attached hydrogens (tertiary/aromatic N) is 1. The Balaban J connectivity index is 1.91. The van der Waals surface area contributed by atoms with E-state index in [1.165, 1.54) is 34.6 Å². The second kappa shape index (κ2) is 8.97. The topological polar surface area (TPSA) is 63.7 Å². The van der Waals surface area contributed by atoms with Gasteiger partial charge < -0.3 is 4.74 Å². The first-order valence-corrected chi connectivity index (χ1v) is 10.8. The number of sulfonamides is 1. The Morgan fingerprint density at radius 1 is 0.967 bits per heavy atom. The van der Waals surface area contributed by atoms with Gasteiger partial charge in [-0.2, -0.15) is 0 Å². The zero-order valence-corrected chi connectivity index (χ0v) is 17.7. The lowest BCUT2D eigenvalue weighted by molar-refractivity contribution is 0.0734. The molecule has 0 atom stereocenters. The van der Waals surface area contributed by atoms with Crippen LogP contribution in [0.4, 0.5) is 5.69 Å². The van der Waals surface area contributed by atoms with Gasteiger partial charge in [-0.3, -0.25) is 4.31 Å². The predicted molar refractivity (Wildman–Crippen MR) is 118 cm³/mol. The van der Waals surface area contributed by atoms with Crippen LogP contribution in [0.2, 0.25) is 0 Å². The number of aryl methyl sites for hydroxylation is 2. The summed E-state index contributed by atoms with van der Waals surface area (Å²) in [6, 6.07) is 19.9. The summed E-state index contributed by atoms with van der Waals surface area (Å²) in [5.41, 5.74) is 2.76. The van der Waals surface area contributed by atoms with E-state index in [0.717, 1.165) is 11.1 Å². The number of carbonyl (C=O) groups excluding carboxylic acids is 1. The third kappa shape index (κ3) is 4.60. The van der Waals surface area contributed by atoms with E-state index in [0.29, 0.717) is 11.4 Å². The van der Waals surface area contributed by atoms with E-state index < -0.39 is 16.0 Å². The fourth-order valence-electron chi connectivity index (χ4n) is 2.91. The van der Waals surface area contributed by atoms with Gasteiger partial charge in [0.2, 0.25) is 0 Å². The molecule has 0 aliphatic carbocycles. The maximum Gasteiger partial charge on any atom is 0.343 e. The molecule has 0 bridgehead atoms. The molecule has 0 heterocycles. The quantitative estimate of drug-likeness (QED) is 0.309. The minimum atomic E-state index is -3.90. The number of para-hydroxylation sites is 1. The van der Waals surface area contributed by atoms with Gasteiger partial charge in [-0.15, -0.1) is 6.58 Å². The Labute approximate surface area is 177 Å². The molecule has 30 heavy (non-hydrogen) atoms. The Bertz CT molecular complexity index is 1170. The molecule has 6 heteroatoms. The largest absolute Gasteiger partial charge is 0.423 e. The first-order chi connectivity index (χ1) is 14.3. The van der Waals surface area contributed by atoms with Gasteiger partial charge >= 0.3 is 5.97 Å². The van der Waals surface area contributed by atoms with Crippen LogP contribution in [-0.2, 0) is 10.0 Å². The van der Waals surface area contributed by atoms with Gasteiger partial charge in [0.1, 0.15) is 5.75 Å². The van der Waals surface area contributed by atoms with Crippen molar-refractivity contribution in [2.24, 2.45) is 0 Å². The molecule has 154 valence electrons. The molecule has 3 rings (SSSR count). The molecule has 3 aromatic carbocycles. The highest BCUT2D eigenvalue weighted by atomic mass is 32.2. The Kier molecular flexibility index (Phi) is 6.37. The maximum atomic E-state index is 13.3. The lowest BCUT2D eigenvalue weighted by Crippen LogP contribution is -2.31. The van der Waals surface area contributed by atoms with Crippen molar-refractivity contribution in [3.05, 3.63) is 102 Å². The van der Waals surface area contributed by atoms with E-state index in [-0.39, 0.29) is 17.0 Å². The van der Waals surface area contributed by atoms with Gasteiger partial charge in [0.25, 0.3) is 10.0 Å². The highest BCUT2D eigenvalue weighted by molar-refractivity contribution is 7.92. The molecule has 0 unspecified atom stereocenters. The van der Waals surface area contributed by atoms with Crippen molar-refractivity contribution in [2.45, 2.75) is 18.7 Å². The molecule has 0 fully saturated rings. The average molecular weight is 422 g/mol. The van der Waals surface area contributed by atoms with Crippen LogP contribution in [0.15, 0.2) is 90.3 Å². The van der Waals surface area contributed by atoms with E-state index in [4.69, 9.17) is 4.74 Å². The lowest BCUT2D eigenvalue weighted by Gasteiger charge is -2.23. The average Bonchev–Trinajstić information content (AvgIpc) is 2.75. The van der Waals surface area contributed by atoms with Crippen LogP contribution in [0, 0.1) is 13.8 Å². The van der Waals surface area contributed by atoms with Gasteiger partial charge in [-0.25, -0.2) is 13.2 Å². The van der Waals surface area contributed by atoms with Crippen molar-refractivity contribution in [1.82, 2.24) is 0 Å². The molecular weight excluding hydrogens is 398 g/mol. The lowest BCUT2D eigenvalue weighted by atomic mass is 10.1. The number of hydrogen-bond donors (Lipinski definition) is 0. The molecular formula is C24H23NO4S. The molecule has 0 radical (unpaired) electrons. The van der Waals surface area contributed by atoms with Gasteiger partial charge in [0.05, 0.1) is 22.7 Å². The van der Waals surface area contributed by atoms with Crippen LogP contribution < -0.4 is 9.04 Å². The minimum Gasteiger partial charge on any atom is -0.423 e. The maximum absolute atomic E-state index is 13.3. The van der Waals surface area contributed by atoms with Crippen molar-refractivity contribution in [3.8, 4) is 5.75 Å². The molecule has 3 aromatic rings. The molecule has 0 saturated heterocycles. The Morgan fingerprint density at radius 2 is 1.70 bits per heavy atom. The Morgan fingerprint density at radius 3 is 2.37 bits per heavy atom. The summed E-state index contributed by atoms with van der Waals surface area (Å²) in [5.74, 6) is -0.209. The van der Waals surface area contributed by atoms with Gasteiger partial charge in [0.15, 0.2) is 0 Å². The molecule has 0 aliphatic heterocycles. The second-order valence-electron chi connectivity index (χ2n) is 6.82. The summed E-state index contributed by atoms with van der Waals surface area (Å²) in [4.78, 5) is 12.6. The molecule has 0 saturated carbocycles. The first kappa shape index (κ1) is 21.3. The first-order valence-electron chi connectivity index (χ1n) is 9.41. The highest BCUT2D eigenvalue weighted by Gasteiger charge is 2.25. The minimum absolute atomic E-state index is 0.00254. The second-order valence-corrected chi connectivity index (χ2v) is 8.69. The van der Waals surface area contributed by atoms with Gasteiger partial charge in [-0.05, 0) is 67.4 Å². The number of esters is 1. The van der Waals surface area contributed by atoms with Gasteiger partial charge in [0, 0.05) is 0 Å². The number of anilines is 1. The third-order valence-corrected chi connectivity index (χ3v) is 6.48. The zero-order valence-electron chi connectivity index (χ0n) is 16.9. The van der Waals surface area contributed by atoms with Crippen molar-refractivity contribution in [3.63, 3.8) is 0 Å². The van der Waals surface area contributed by atoms with Crippen molar-refractivity contribution >= 4 is 21.7 Å². The van der Waals surface area contributed by atoms with Crippen LogP contribution in [0.25, 0.3) is 0 Å².